The zero-order chi connectivity index (χ0) is 15.4. The van der Waals surface area contributed by atoms with Crippen LogP contribution in [0, 0.1) is 5.92 Å². The molecular weight excluding hydrogens is 276 g/mol. The predicted octanol–water partition coefficient (Wildman–Crippen LogP) is 2.71. The van der Waals surface area contributed by atoms with Crippen LogP contribution >= 0.6 is 0 Å². The van der Waals surface area contributed by atoms with Crippen molar-refractivity contribution < 1.29 is 9.47 Å². The van der Waals surface area contributed by atoms with Crippen LogP contribution in [0.2, 0.25) is 0 Å². The van der Waals surface area contributed by atoms with Crippen LogP contribution in [-0.4, -0.2) is 32.8 Å². The fourth-order valence-electron chi connectivity index (χ4n) is 4.04. The molecule has 1 heterocycles. The van der Waals surface area contributed by atoms with E-state index in [1.54, 1.807) is 14.2 Å². The number of hydrogen-bond acceptors (Lipinski definition) is 4. The Morgan fingerprint density at radius 3 is 2.77 bits per heavy atom. The molecule has 0 radical (unpaired) electrons. The van der Waals surface area contributed by atoms with E-state index in [-0.39, 0.29) is 0 Å². The molecule has 4 nitrogen and oxygen atoms in total. The van der Waals surface area contributed by atoms with Gasteiger partial charge in [-0.2, -0.15) is 0 Å². The lowest BCUT2D eigenvalue weighted by molar-refractivity contribution is 0.317. The molecule has 3 atom stereocenters. The van der Waals surface area contributed by atoms with Crippen molar-refractivity contribution in [3.63, 3.8) is 0 Å². The second-order valence-corrected chi connectivity index (χ2v) is 6.46. The minimum absolute atomic E-state index is 0.627. The van der Waals surface area contributed by atoms with Gasteiger partial charge in [-0.25, -0.2) is 0 Å². The lowest BCUT2D eigenvalue weighted by Crippen LogP contribution is -2.41. The highest BCUT2D eigenvalue weighted by molar-refractivity contribution is 5.40. The van der Waals surface area contributed by atoms with Gasteiger partial charge in [0.2, 0.25) is 0 Å². The minimum atomic E-state index is 0.627. The second kappa shape index (κ2) is 7.34. The molecule has 1 aliphatic heterocycles. The summed E-state index contributed by atoms with van der Waals surface area (Å²) < 4.78 is 10.8. The first-order valence-electron chi connectivity index (χ1n) is 8.49. The number of methoxy groups -OCH3 is 2. The summed E-state index contributed by atoms with van der Waals surface area (Å²) in [5.74, 6) is 2.53. The summed E-state index contributed by atoms with van der Waals surface area (Å²) in [7, 11) is 3.41. The molecule has 2 aliphatic rings. The van der Waals surface area contributed by atoms with Crippen LogP contribution in [0.25, 0.3) is 0 Å². The SMILES string of the molecule is COc1ccc(CNC2CCCC2C2CCCN2)c(OC)c1. The van der Waals surface area contributed by atoms with Crippen molar-refractivity contribution >= 4 is 0 Å². The van der Waals surface area contributed by atoms with Crippen LogP contribution in [-0.2, 0) is 6.54 Å². The van der Waals surface area contributed by atoms with Gasteiger partial charge in [0.1, 0.15) is 11.5 Å². The summed E-state index contributed by atoms with van der Waals surface area (Å²) in [6.45, 7) is 2.06. The topological polar surface area (TPSA) is 42.5 Å². The van der Waals surface area contributed by atoms with Gasteiger partial charge in [0.05, 0.1) is 14.2 Å². The van der Waals surface area contributed by atoms with E-state index in [0.717, 1.165) is 30.0 Å². The first kappa shape index (κ1) is 15.6. The minimum Gasteiger partial charge on any atom is -0.497 e. The van der Waals surface area contributed by atoms with Gasteiger partial charge in [-0.3, -0.25) is 0 Å². The molecular formula is C18H28N2O2. The average Bonchev–Trinajstić information content (AvgIpc) is 3.23. The van der Waals surface area contributed by atoms with Gasteiger partial charge in [-0.15, -0.1) is 0 Å². The molecule has 122 valence electrons. The van der Waals surface area contributed by atoms with Gasteiger partial charge in [-0.1, -0.05) is 12.5 Å². The van der Waals surface area contributed by atoms with Crippen molar-refractivity contribution in [2.45, 2.75) is 50.7 Å². The third-order valence-corrected chi connectivity index (χ3v) is 5.23. The molecule has 0 aromatic heterocycles. The monoisotopic (exact) mass is 304 g/mol. The smallest absolute Gasteiger partial charge is 0.127 e. The zero-order valence-corrected chi connectivity index (χ0v) is 13.7. The van der Waals surface area contributed by atoms with Crippen molar-refractivity contribution in [2.75, 3.05) is 20.8 Å². The average molecular weight is 304 g/mol. The van der Waals surface area contributed by atoms with E-state index in [0.29, 0.717) is 6.04 Å². The summed E-state index contributed by atoms with van der Waals surface area (Å²) in [6, 6.07) is 7.41. The number of benzene rings is 1. The van der Waals surface area contributed by atoms with E-state index in [2.05, 4.69) is 16.7 Å². The van der Waals surface area contributed by atoms with Gasteiger partial charge in [0, 0.05) is 30.3 Å². The van der Waals surface area contributed by atoms with Crippen LogP contribution in [0.4, 0.5) is 0 Å². The van der Waals surface area contributed by atoms with Crippen LogP contribution in [0.5, 0.6) is 11.5 Å². The molecule has 2 fully saturated rings. The second-order valence-electron chi connectivity index (χ2n) is 6.46. The summed E-state index contributed by atoms with van der Waals surface area (Å²) in [5.41, 5.74) is 1.20. The lowest BCUT2D eigenvalue weighted by Gasteiger charge is -2.27. The summed E-state index contributed by atoms with van der Waals surface area (Å²) in [5, 5.41) is 7.46. The van der Waals surface area contributed by atoms with Gasteiger partial charge in [0.15, 0.2) is 0 Å². The maximum absolute atomic E-state index is 5.50. The molecule has 1 aromatic carbocycles. The molecule has 1 aromatic rings. The maximum atomic E-state index is 5.50. The Balaban J connectivity index is 1.61. The van der Waals surface area contributed by atoms with Gasteiger partial charge in [0.25, 0.3) is 0 Å². The number of hydrogen-bond donors (Lipinski definition) is 2. The van der Waals surface area contributed by atoms with Gasteiger partial charge < -0.3 is 20.1 Å². The lowest BCUT2D eigenvalue weighted by atomic mass is 9.93. The van der Waals surface area contributed by atoms with Crippen molar-refractivity contribution in [3.8, 4) is 11.5 Å². The Kier molecular flexibility index (Phi) is 5.21. The van der Waals surface area contributed by atoms with E-state index >= 15 is 0 Å². The molecule has 0 amide bonds. The fourth-order valence-corrected chi connectivity index (χ4v) is 4.04. The standard InChI is InChI=1S/C18H28N2O2/c1-21-14-9-8-13(18(11-14)22-2)12-20-17-6-3-5-15(17)16-7-4-10-19-16/h8-9,11,15-17,19-20H,3-7,10,12H2,1-2H3. The van der Waals surface area contributed by atoms with Crippen molar-refractivity contribution in [2.24, 2.45) is 5.92 Å². The summed E-state index contributed by atoms with van der Waals surface area (Å²) in [4.78, 5) is 0. The third-order valence-electron chi connectivity index (χ3n) is 5.23. The van der Waals surface area contributed by atoms with Crippen LogP contribution in [0.1, 0.15) is 37.7 Å². The zero-order valence-electron chi connectivity index (χ0n) is 13.7. The largest absolute Gasteiger partial charge is 0.497 e. The highest BCUT2D eigenvalue weighted by Crippen LogP contribution is 2.32. The molecule has 1 saturated carbocycles. The third kappa shape index (κ3) is 3.39. The van der Waals surface area contributed by atoms with Crippen molar-refractivity contribution in [1.82, 2.24) is 10.6 Å². The number of nitrogens with one attached hydrogen (secondary N) is 2. The van der Waals surface area contributed by atoms with Gasteiger partial charge in [-0.05, 0) is 44.2 Å². The Bertz CT molecular complexity index is 486. The molecule has 0 spiro atoms. The van der Waals surface area contributed by atoms with Crippen LogP contribution < -0.4 is 20.1 Å². The van der Waals surface area contributed by atoms with E-state index in [4.69, 9.17) is 9.47 Å². The van der Waals surface area contributed by atoms with Gasteiger partial charge >= 0.3 is 0 Å². The molecule has 1 aliphatic carbocycles. The molecule has 3 unspecified atom stereocenters. The van der Waals surface area contributed by atoms with Crippen molar-refractivity contribution in [3.05, 3.63) is 23.8 Å². The van der Waals surface area contributed by atoms with E-state index in [1.807, 2.05) is 12.1 Å². The van der Waals surface area contributed by atoms with Crippen molar-refractivity contribution in [1.29, 1.82) is 0 Å². The van der Waals surface area contributed by atoms with Crippen LogP contribution in [0.15, 0.2) is 18.2 Å². The molecule has 0 bridgehead atoms. The normalized spacial score (nSPS) is 28.0. The predicted molar refractivity (Wildman–Crippen MR) is 88.5 cm³/mol. The Hall–Kier alpha value is -1.26. The van der Waals surface area contributed by atoms with Crippen LogP contribution in [0.3, 0.4) is 0 Å². The Labute approximate surface area is 133 Å². The molecule has 4 heteroatoms. The molecule has 3 rings (SSSR count). The highest BCUT2D eigenvalue weighted by Gasteiger charge is 2.34. The Morgan fingerprint density at radius 2 is 2.05 bits per heavy atom. The van der Waals surface area contributed by atoms with E-state index in [1.165, 1.54) is 44.2 Å². The molecule has 1 saturated heterocycles. The highest BCUT2D eigenvalue weighted by atomic mass is 16.5. The number of ether oxygens (including phenoxy) is 2. The quantitative estimate of drug-likeness (QED) is 0.848. The Morgan fingerprint density at radius 1 is 1.14 bits per heavy atom. The fraction of sp³-hybridized carbons (Fsp3) is 0.667. The molecule has 22 heavy (non-hydrogen) atoms. The van der Waals surface area contributed by atoms with E-state index in [9.17, 15) is 0 Å². The van der Waals surface area contributed by atoms with E-state index < -0.39 is 0 Å². The summed E-state index contributed by atoms with van der Waals surface area (Å²) in [6.07, 6.45) is 6.67. The number of rotatable bonds is 6. The first-order chi connectivity index (χ1) is 10.8. The summed E-state index contributed by atoms with van der Waals surface area (Å²) >= 11 is 0. The molecule has 2 N–H and O–H groups in total. The maximum Gasteiger partial charge on any atom is 0.127 e. The first-order valence-corrected chi connectivity index (χ1v) is 8.49.